The molecule has 31 heavy (non-hydrogen) atoms. The van der Waals surface area contributed by atoms with Crippen molar-refractivity contribution in [2.24, 2.45) is 0 Å². The lowest BCUT2D eigenvalue weighted by molar-refractivity contribution is -0.122. The van der Waals surface area contributed by atoms with Crippen molar-refractivity contribution in [3.63, 3.8) is 0 Å². The normalized spacial score (nSPS) is 12.6. The van der Waals surface area contributed by atoms with E-state index in [1.807, 2.05) is 30.3 Å². The first-order chi connectivity index (χ1) is 15.0. The average Bonchev–Trinajstić information content (AvgIpc) is 3.38. The van der Waals surface area contributed by atoms with Crippen LogP contribution in [0.25, 0.3) is 11.3 Å². The van der Waals surface area contributed by atoms with E-state index in [1.54, 1.807) is 24.3 Å². The zero-order chi connectivity index (χ0) is 21.8. The van der Waals surface area contributed by atoms with E-state index in [2.05, 4.69) is 16.0 Å². The van der Waals surface area contributed by atoms with Crippen molar-refractivity contribution >= 4 is 23.6 Å². The largest absolute Gasteiger partial charge is 0.355 e. The third-order valence-electron chi connectivity index (χ3n) is 4.78. The van der Waals surface area contributed by atoms with E-state index in [4.69, 9.17) is 4.52 Å². The average molecular weight is 418 g/mol. The van der Waals surface area contributed by atoms with Crippen LogP contribution in [-0.4, -0.2) is 40.2 Å². The quantitative estimate of drug-likeness (QED) is 0.467. The number of rotatable bonds is 6. The first-order valence-electron chi connectivity index (χ1n) is 9.61. The van der Waals surface area contributed by atoms with Crippen LogP contribution in [0, 0.1) is 0 Å². The van der Waals surface area contributed by atoms with E-state index in [9.17, 15) is 19.2 Å². The maximum atomic E-state index is 12.3. The van der Waals surface area contributed by atoms with Gasteiger partial charge in [0, 0.05) is 24.6 Å². The number of hydrogen-bond acceptors (Lipinski definition) is 6. The van der Waals surface area contributed by atoms with Crippen LogP contribution in [0.4, 0.5) is 0 Å². The molecule has 0 radical (unpaired) electrons. The van der Waals surface area contributed by atoms with Gasteiger partial charge in [-0.1, -0.05) is 47.6 Å². The van der Waals surface area contributed by atoms with Gasteiger partial charge in [-0.25, -0.2) is 0 Å². The Morgan fingerprint density at radius 2 is 1.55 bits per heavy atom. The molecule has 0 saturated heterocycles. The molecule has 4 amide bonds. The molecular formula is C22H18N4O5. The Morgan fingerprint density at radius 3 is 2.23 bits per heavy atom. The summed E-state index contributed by atoms with van der Waals surface area (Å²) in [5, 5.41) is 3.70. The lowest BCUT2D eigenvalue weighted by Gasteiger charge is -2.13. The molecule has 0 aliphatic carbocycles. The second-order valence-corrected chi connectivity index (χ2v) is 6.86. The van der Waals surface area contributed by atoms with Gasteiger partial charge in [-0.2, -0.15) is 0 Å². The molecule has 1 aromatic heterocycles. The molecule has 2 aromatic carbocycles. The third kappa shape index (κ3) is 4.20. The molecular weight excluding hydrogens is 400 g/mol. The molecule has 1 aliphatic heterocycles. The Balaban J connectivity index is 1.23. The fraction of sp³-hybridized carbons (Fsp3) is 0.136. The van der Waals surface area contributed by atoms with Crippen molar-refractivity contribution in [2.45, 2.75) is 12.8 Å². The van der Waals surface area contributed by atoms with Gasteiger partial charge in [-0.3, -0.25) is 34.9 Å². The van der Waals surface area contributed by atoms with Crippen molar-refractivity contribution in [3.05, 3.63) is 77.5 Å². The number of aromatic nitrogens is 1. The molecule has 0 bridgehead atoms. The Morgan fingerprint density at radius 1 is 0.903 bits per heavy atom. The maximum Gasteiger partial charge on any atom is 0.291 e. The highest BCUT2D eigenvalue weighted by molar-refractivity contribution is 6.21. The van der Waals surface area contributed by atoms with Crippen LogP contribution in [0.2, 0.25) is 0 Å². The number of carbonyl (C=O) groups excluding carboxylic acids is 4. The number of nitrogens with one attached hydrogen (secondary N) is 2. The van der Waals surface area contributed by atoms with Gasteiger partial charge in [0.25, 0.3) is 17.7 Å². The van der Waals surface area contributed by atoms with Gasteiger partial charge in [0.15, 0.2) is 11.5 Å². The van der Waals surface area contributed by atoms with Crippen molar-refractivity contribution in [1.82, 2.24) is 20.9 Å². The van der Waals surface area contributed by atoms with Gasteiger partial charge in [-0.15, -0.1) is 0 Å². The zero-order valence-electron chi connectivity index (χ0n) is 16.3. The van der Waals surface area contributed by atoms with Crippen LogP contribution in [-0.2, 0) is 4.79 Å². The molecule has 9 heteroatoms. The number of hydrazine groups is 1. The predicted octanol–water partition coefficient (Wildman–Crippen LogP) is 2.18. The summed E-state index contributed by atoms with van der Waals surface area (Å²) in [5.74, 6) is -1.39. The summed E-state index contributed by atoms with van der Waals surface area (Å²) >= 11 is 0. The van der Waals surface area contributed by atoms with E-state index >= 15 is 0 Å². The van der Waals surface area contributed by atoms with Crippen LogP contribution in [0.3, 0.4) is 0 Å². The summed E-state index contributed by atoms with van der Waals surface area (Å²) in [6, 6.07) is 17.2. The van der Waals surface area contributed by atoms with Gasteiger partial charge in [-0.05, 0) is 18.6 Å². The second-order valence-electron chi connectivity index (χ2n) is 6.86. The highest BCUT2D eigenvalue weighted by Gasteiger charge is 2.34. The third-order valence-corrected chi connectivity index (χ3v) is 4.78. The summed E-state index contributed by atoms with van der Waals surface area (Å²) in [7, 11) is 0. The number of nitrogens with zero attached hydrogens (tertiary/aromatic N) is 2. The number of carbonyl (C=O) groups is 4. The molecule has 0 saturated carbocycles. The van der Waals surface area contributed by atoms with E-state index in [1.165, 1.54) is 6.07 Å². The molecule has 0 fully saturated rings. The van der Waals surface area contributed by atoms with Gasteiger partial charge in [0.2, 0.25) is 5.91 Å². The topological polar surface area (TPSA) is 122 Å². The Kier molecular flexibility index (Phi) is 5.57. The van der Waals surface area contributed by atoms with Gasteiger partial charge < -0.3 is 4.52 Å². The first kappa shape index (κ1) is 20.0. The first-order valence-corrected chi connectivity index (χ1v) is 9.61. The molecule has 9 nitrogen and oxygen atoms in total. The standard InChI is InChI=1S/C22H18N4O5/c27-19(11-6-12-26-21(29)15-9-4-5-10-16(15)22(26)30)23-24-20(28)17-13-18(31-25-17)14-7-2-1-3-8-14/h1-5,7-10,13H,6,11-12H2,(H,23,27)(H,24,28). The Labute approximate surface area is 177 Å². The van der Waals surface area contributed by atoms with Crippen molar-refractivity contribution in [1.29, 1.82) is 0 Å². The maximum absolute atomic E-state index is 12.3. The van der Waals surface area contributed by atoms with E-state index in [-0.39, 0.29) is 36.9 Å². The van der Waals surface area contributed by atoms with Crippen LogP contribution in [0.5, 0.6) is 0 Å². The molecule has 1 aliphatic rings. The van der Waals surface area contributed by atoms with Crippen LogP contribution < -0.4 is 10.9 Å². The molecule has 3 aromatic rings. The predicted molar refractivity (Wildman–Crippen MR) is 109 cm³/mol. The molecule has 0 unspecified atom stereocenters. The summed E-state index contributed by atoms with van der Waals surface area (Å²) in [4.78, 5) is 49.8. The summed E-state index contributed by atoms with van der Waals surface area (Å²) < 4.78 is 5.15. The van der Waals surface area contributed by atoms with Gasteiger partial charge in [0.1, 0.15) is 0 Å². The lowest BCUT2D eigenvalue weighted by atomic mass is 10.1. The van der Waals surface area contributed by atoms with E-state index < -0.39 is 11.8 Å². The Hall–Kier alpha value is -4.27. The second kappa shape index (κ2) is 8.62. The molecule has 156 valence electrons. The summed E-state index contributed by atoms with van der Waals surface area (Å²) in [5.41, 5.74) is 6.07. The number of imide groups is 1. The number of hydrogen-bond donors (Lipinski definition) is 2. The highest BCUT2D eigenvalue weighted by Crippen LogP contribution is 2.22. The molecule has 4 rings (SSSR count). The minimum Gasteiger partial charge on any atom is -0.355 e. The minimum absolute atomic E-state index is 0.0156. The zero-order valence-corrected chi connectivity index (χ0v) is 16.3. The fourth-order valence-electron chi connectivity index (χ4n) is 3.21. The van der Waals surface area contributed by atoms with Crippen molar-refractivity contribution in [2.75, 3.05) is 6.54 Å². The van der Waals surface area contributed by atoms with Crippen LogP contribution in [0.15, 0.2) is 65.2 Å². The van der Waals surface area contributed by atoms with Gasteiger partial charge in [0.05, 0.1) is 11.1 Å². The summed E-state index contributed by atoms with van der Waals surface area (Å²) in [6.45, 7) is 0.109. The van der Waals surface area contributed by atoms with Crippen LogP contribution >= 0.6 is 0 Å². The van der Waals surface area contributed by atoms with E-state index in [0.29, 0.717) is 16.9 Å². The van der Waals surface area contributed by atoms with E-state index in [0.717, 1.165) is 10.5 Å². The van der Waals surface area contributed by atoms with Crippen LogP contribution in [0.1, 0.15) is 44.0 Å². The summed E-state index contributed by atoms with van der Waals surface area (Å²) in [6.07, 6.45) is 0.275. The molecule has 2 N–H and O–H groups in total. The molecule has 2 heterocycles. The van der Waals surface area contributed by atoms with Gasteiger partial charge >= 0.3 is 0 Å². The highest BCUT2D eigenvalue weighted by atomic mass is 16.5. The fourth-order valence-corrected chi connectivity index (χ4v) is 3.21. The smallest absolute Gasteiger partial charge is 0.291 e. The monoisotopic (exact) mass is 418 g/mol. The molecule has 0 atom stereocenters. The van der Waals surface area contributed by atoms with Crippen molar-refractivity contribution < 1.29 is 23.7 Å². The molecule has 0 spiro atoms. The SMILES string of the molecule is O=C(CCCN1C(=O)c2ccccc2C1=O)NNC(=O)c1cc(-c2ccccc2)on1. The Bertz CT molecular complexity index is 1120. The number of fused-ring (bicyclic) bond motifs is 1. The number of amides is 4. The number of benzene rings is 2. The van der Waals surface area contributed by atoms with Crippen molar-refractivity contribution in [3.8, 4) is 11.3 Å². The lowest BCUT2D eigenvalue weighted by Crippen LogP contribution is -2.42. The minimum atomic E-state index is -0.625.